The summed E-state index contributed by atoms with van der Waals surface area (Å²) in [5, 5.41) is 3.38. The second kappa shape index (κ2) is 6.14. The zero-order valence-corrected chi connectivity index (χ0v) is 12.9. The van der Waals surface area contributed by atoms with E-state index < -0.39 is 0 Å². The third-order valence-corrected chi connectivity index (χ3v) is 3.70. The van der Waals surface area contributed by atoms with Crippen molar-refractivity contribution in [3.8, 4) is 5.75 Å². The highest BCUT2D eigenvalue weighted by atomic mass is 16.5. The summed E-state index contributed by atoms with van der Waals surface area (Å²) in [4.78, 5) is 0. The van der Waals surface area contributed by atoms with Crippen molar-refractivity contribution < 1.29 is 9.15 Å². The minimum atomic E-state index is 0.118. The van der Waals surface area contributed by atoms with Crippen LogP contribution < -0.4 is 10.1 Å². The van der Waals surface area contributed by atoms with Crippen molar-refractivity contribution in [2.45, 2.75) is 33.7 Å². The average Bonchev–Trinajstić information content (AvgIpc) is 2.67. The van der Waals surface area contributed by atoms with E-state index >= 15 is 0 Å². The molecule has 0 bridgehead atoms. The van der Waals surface area contributed by atoms with Crippen LogP contribution in [0.25, 0.3) is 0 Å². The lowest BCUT2D eigenvalue weighted by Gasteiger charge is -2.18. The molecule has 0 fully saturated rings. The standard InChI is InChI=1S/C17H23NO2/c1-6-19-15-9-7-8-14(10-15)17(18-5)16-11(2)12(3)20-13(16)4/h7-10,17-18H,6H2,1-5H3. The minimum absolute atomic E-state index is 0.118. The van der Waals surface area contributed by atoms with E-state index in [1.807, 2.05) is 40.0 Å². The third-order valence-electron chi connectivity index (χ3n) is 3.70. The van der Waals surface area contributed by atoms with E-state index in [9.17, 15) is 0 Å². The molecule has 1 unspecified atom stereocenters. The van der Waals surface area contributed by atoms with Crippen LogP contribution in [0.15, 0.2) is 28.7 Å². The number of nitrogens with one attached hydrogen (secondary N) is 1. The van der Waals surface area contributed by atoms with Crippen LogP contribution in [-0.4, -0.2) is 13.7 Å². The molecule has 1 heterocycles. The Kier molecular flexibility index (Phi) is 4.50. The van der Waals surface area contributed by atoms with Crippen LogP contribution in [0.4, 0.5) is 0 Å². The van der Waals surface area contributed by atoms with Gasteiger partial charge in [0.25, 0.3) is 0 Å². The number of rotatable bonds is 5. The molecule has 0 radical (unpaired) electrons. The molecule has 1 atom stereocenters. The van der Waals surface area contributed by atoms with Gasteiger partial charge in [0.1, 0.15) is 17.3 Å². The van der Waals surface area contributed by atoms with Crippen LogP contribution in [0.5, 0.6) is 5.75 Å². The molecule has 3 nitrogen and oxygen atoms in total. The quantitative estimate of drug-likeness (QED) is 0.896. The Morgan fingerprint density at radius 1 is 1.20 bits per heavy atom. The van der Waals surface area contributed by atoms with Crippen LogP contribution in [0.3, 0.4) is 0 Å². The SMILES string of the molecule is CCOc1cccc(C(NC)c2c(C)oc(C)c2C)c1. The molecule has 0 aliphatic heterocycles. The second-order valence-electron chi connectivity index (χ2n) is 4.98. The largest absolute Gasteiger partial charge is 0.494 e. The Balaban J connectivity index is 2.44. The normalized spacial score (nSPS) is 12.4. The Morgan fingerprint density at radius 2 is 1.95 bits per heavy atom. The maximum absolute atomic E-state index is 5.76. The first-order valence-electron chi connectivity index (χ1n) is 7.05. The first-order valence-corrected chi connectivity index (χ1v) is 7.05. The van der Waals surface area contributed by atoms with Gasteiger partial charge in [-0.25, -0.2) is 0 Å². The number of hydrogen-bond donors (Lipinski definition) is 1. The van der Waals surface area contributed by atoms with E-state index in [0.29, 0.717) is 6.61 Å². The highest BCUT2D eigenvalue weighted by Gasteiger charge is 2.21. The van der Waals surface area contributed by atoms with Crippen molar-refractivity contribution >= 4 is 0 Å². The topological polar surface area (TPSA) is 34.4 Å². The van der Waals surface area contributed by atoms with Crippen LogP contribution in [0.2, 0.25) is 0 Å². The van der Waals surface area contributed by atoms with E-state index in [4.69, 9.17) is 9.15 Å². The Labute approximate surface area is 121 Å². The molecular formula is C17H23NO2. The second-order valence-corrected chi connectivity index (χ2v) is 4.98. The average molecular weight is 273 g/mol. The summed E-state index contributed by atoms with van der Waals surface area (Å²) in [5.74, 6) is 2.86. The predicted molar refractivity (Wildman–Crippen MR) is 81.4 cm³/mol. The summed E-state index contributed by atoms with van der Waals surface area (Å²) in [6, 6.07) is 8.34. The van der Waals surface area contributed by atoms with Crippen molar-refractivity contribution in [3.63, 3.8) is 0 Å². The maximum atomic E-state index is 5.76. The minimum Gasteiger partial charge on any atom is -0.494 e. The van der Waals surface area contributed by atoms with Crippen molar-refractivity contribution in [2.24, 2.45) is 0 Å². The lowest BCUT2D eigenvalue weighted by atomic mass is 9.95. The van der Waals surface area contributed by atoms with Crippen LogP contribution in [0.1, 0.15) is 41.2 Å². The number of aryl methyl sites for hydroxylation is 2. The van der Waals surface area contributed by atoms with Gasteiger partial charge >= 0.3 is 0 Å². The molecule has 0 saturated carbocycles. The zero-order chi connectivity index (χ0) is 14.7. The summed E-state index contributed by atoms with van der Waals surface area (Å²) in [5.41, 5.74) is 3.62. The Bertz CT molecular complexity index is 587. The molecular weight excluding hydrogens is 250 g/mol. The lowest BCUT2D eigenvalue weighted by molar-refractivity contribution is 0.339. The van der Waals surface area contributed by atoms with E-state index in [1.165, 1.54) is 16.7 Å². The molecule has 1 N–H and O–H groups in total. The summed E-state index contributed by atoms with van der Waals surface area (Å²) >= 11 is 0. The fraction of sp³-hybridized carbons (Fsp3) is 0.412. The van der Waals surface area contributed by atoms with Gasteiger partial charge in [-0.3, -0.25) is 0 Å². The van der Waals surface area contributed by atoms with Crippen molar-refractivity contribution in [1.29, 1.82) is 0 Å². The highest BCUT2D eigenvalue weighted by Crippen LogP contribution is 2.32. The molecule has 0 saturated heterocycles. The van der Waals surface area contributed by atoms with Gasteiger partial charge in [-0.05, 0) is 58.0 Å². The van der Waals surface area contributed by atoms with Gasteiger partial charge in [0.2, 0.25) is 0 Å². The first kappa shape index (κ1) is 14.7. The summed E-state index contributed by atoms with van der Waals surface area (Å²) in [6.45, 7) is 8.81. The van der Waals surface area contributed by atoms with Crippen molar-refractivity contribution in [1.82, 2.24) is 5.32 Å². The van der Waals surface area contributed by atoms with Gasteiger partial charge in [0.15, 0.2) is 0 Å². The summed E-state index contributed by atoms with van der Waals surface area (Å²) in [7, 11) is 1.97. The van der Waals surface area contributed by atoms with Gasteiger partial charge in [0.05, 0.1) is 12.6 Å². The molecule has 0 aliphatic carbocycles. The number of hydrogen-bond acceptors (Lipinski definition) is 3. The smallest absolute Gasteiger partial charge is 0.119 e. The maximum Gasteiger partial charge on any atom is 0.119 e. The third kappa shape index (κ3) is 2.73. The monoisotopic (exact) mass is 273 g/mol. The van der Waals surface area contributed by atoms with E-state index in [1.54, 1.807) is 0 Å². The van der Waals surface area contributed by atoms with Crippen molar-refractivity contribution in [2.75, 3.05) is 13.7 Å². The zero-order valence-electron chi connectivity index (χ0n) is 12.9. The molecule has 2 aromatic rings. The lowest BCUT2D eigenvalue weighted by Crippen LogP contribution is -2.19. The molecule has 3 heteroatoms. The molecule has 1 aromatic heterocycles. The molecule has 0 aliphatic rings. The predicted octanol–water partition coefficient (Wildman–Crippen LogP) is 3.91. The summed E-state index contributed by atoms with van der Waals surface area (Å²) < 4.78 is 11.3. The van der Waals surface area contributed by atoms with Gasteiger partial charge in [-0.1, -0.05) is 12.1 Å². The molecule has 2 rings (SSSR count). The molecule has 0 spiro atoms. The van der Waals surface area contributed by atoms with Gasteiger partial charge < -0.3 is 14.5 Å². The molecule has 1 aromatic carbocycles. The molecule has 108 valence electrons. The molecule has 0 amide bonds. The van der Waals surface area contributed by atoms with Crippen LogP contribution in [-0.2, 0) is 0 Å². The first-order chi connectivity index (χ1) is 9.58. The van der Waals surface area contributed by atoms with E-state index in [0.717, 1.165) is 17.3 Å². The van der Waals surface area contributed by atoms with Gasteiger partial charge in [-0.15, -0.1) is 0 Å². The van der Waals surface area contributed by atoms with Crippen LogP contribution in [0, 0.1) is 20.8 Å². The van der Waals surface area contributed by atoms with Crippen molar-refractivity contribution in [3.05, 3.63) is 52.5 Å². The summed E-state index contributed by atoms with van der Waals surface area (Å²) in [6.07, 6.45) is 0. The Hall–Kier alpha value is -1.74. The molecule has 20 heavy (non-hydrogen) atoms. The fourth-order valence-electron chi connectivity index (χ4n) is 2.66. The van der Waals surface area contributed by atoms with E-state index in [2.05, 4.69) is 24.4 Å². The number of furan rings is 1. The van der Waals surface area contributed by atoms with E-state index in [-0.39, 0.29) is 6.04 Å². The fourth-order valence-corrected chi connectivity index (χ4v) is 2.66. The Morgan fingerprint density at radius 3 is 2.50 bits per heavy atom. The van der Waals surface area contributed by atoms with Gasteiger partial charge in [-0.2, -0.15) is 0 Å². The number of benzene rings is 1. The van der Waals surface area contributed by atoms with Gasteiger partial charge in [0, 0.05) is 5.56 Å². The van der Waals surface area contributed by atoms with Crippen LogP contribution >= 0.6 is 0 Å². The number of ether oxygens (including phenoxy) is 1. The highest BCUT2D eigenvalue weighted by molar-refractivity contribution is 5.42.